The van der Waals surface area contributed by atoms with Crippen molar-refractivity contribution >= 4 is 0 Å². The highest BCUT2D eigenvalue weighted by molar-refractivity contribution is 5.49. The van der Waals surface area contributed by atoms with Crippen molar-refractivity contribution in [3.63, 3.8) is 0 Å². The van der Waals surface area contributed by atoms with Gasteiger partial charge in [-0.15, -0.1) is 0 Å². The number of rotatable bonds is 2. The molecule has 2 fully saturated rings. The van der Waals surface area contributed by atoms with Crippen LogP contribution in [0.2, 0.25) is 0 Å². The van der Waals surface area contributed by atoms with Crippen molar-refractivity contribution in [2.24, 2.45) is 17.3 Å². The van der Waals surface area contributed by atoms with Crippen molar-refractivity contribution in [3.8, 4) is 11.5 Å². The summed E-state index contributed by atoms with van der Waals surface area (Å²) in [7, 11) is 0. The Labute approximate surface area is 147 Å². The van der Waals surface area contributed by atoms with Crippen LogP contribution in [0, 0.1) is 17.3 Å². The molecule has 0 saturated heterocycles. The van der Waals surface area contributed by atoms with Crippen molar-refractivity contribution in [2.75, 3.05) is 0 Å². The van der Waals surface area contributed by atoms with E-state index in [0.29, 0.717) is 24.7 Å². The van der Waals surface area contributed by atoms with Crippen molar-refractivity contribution in [1.82, 2.24) is 0 Å². The first kappa shape index (κ1) is 17.1. The normalized spacial score (nSPS) is 37.2. The van der Waals surface area contributed by atoms with Gasteiger partial charge in [0.15, 0.2) is 11.5 Å². The summed E-state index contributed by atoms with van der Waals surface area (Å²) in [5, 5.41) is 20.5. The third kappa shape index (κ3) is 2.71. The SMILES string of the molecule is CC(F)(F)Oc1cc2c(cc1O)CCC1C2CC[C@@]2(C)C1CC[C@@H]2O. The van der Waals surface area contributed by atoms with Crippen molar-refractivity contribution in [1.29, 1.82) is 0 Å². The van der Waals surface area contributed by atoms with Crippen LogP contribution >= 0.6 is 0 Å². The van der Waals surface area contributed by atoms with E-state index in [1.807, 2.05) is 0 Å². The number of aryl methyl sites for hydroxylation is 1. The third-order valence-electron chi connectivity index (χ3n) is 7.04. The summed E-state index contributed by atoms with van der Waals surface area (Å²) in [4.78, 5) is 0. The van der Waals surface area contributed by atoms with Crippen LogP contribution in [0.25, 0.3) is 0 Å². The van der Waals surface area contributed by atoms with Gasteiger partial charge in [-0.2, -0.15) is 8.78 Å². The van der Waals surface area contributed by atoms with Crippen LogP contribution in [0.15, 0.2) is 12.1 Å². The van der Waals surface area contributed by atoms with Gasteiger partial charge >= 0.3 is 6.11 Å². The van der Waals surface area contributed by atoms with Crippen LogP contribution in [0.1, 0.15) is 63.0 Å². The van der Waals surface area contributed by atoms with Gasteiger partial charge in [-0.05, 0) is 85.0 Å². The number of phenolic OH excluding ortho intramolecular Hbond substituents is 1. The highest BCUT2D eigenvalue weighted by Crippen LogP contribution is 2.61. The summed E-state index contributed by atoms with van der Waals surface area (Å²) in [5.74, 6) is 0.922. The van der Waals surface area contributed by atoms with Gasteiger partial charge in [-0.25, -0.2) is 0 Å². The Morgan fingerprint density at radius 3 is 2.68 bits per heavy atom. The predicted octanol–water partition coefficient (Wildman–Crippen LogP) is 4.60. The summed E-state index contributed by atoms with van der Waals surface area (Å²) in [6.07, 6.45) is 2.16. The average Bonchev–Trinajstić information content (AvgIpc) is 2.82. The van der Waals surface area contributed by atoms with E-state index in [1.54, 1.807) is 12.1 Å². The van der Waals surface area contributed by atoms with Crippen LogP contribution in [0.3, 0.4) is 0 Å². The maximum atomic E-state index is 13.3. The first-order valence-corrected chi connectivity index (χ1v) is 9.30. The topological polar surface area (TPSA) is 49.7 Å². The second-order valence-electron chi connectivity index (χ2n) is 8.48. The van der Waals surface area contributed by atoms with E-state index in [9.17, 15) is 19.0 Å². The molecule has 3 aliphatic carbocycles. The molecule has 5 atom stereocenters. The molecule has 25 heavy (non-hydrogen) atoms. The van der Waals surface area contributed by atoms with E-state index in [-0.39, 0.29) is 23.0 Å². The zero-order valence-corrected chi connectivity index (χ0v) is 14.8. The highest BCUT2D eigenvalue weighted by Gasteiger charge is 2.54. The minimum atomic E-state index is -3.32. The van der Waals surface area contributed by atoms with E-state index in [0.717, 1.165) is 49.7 Å². The Hall–Kier alpha value is -1.36. The number of phenols is 1. The number of hydrogen-bond acceptors (Lipinski definition) is 3. The zero-order valence-electron chi connectivity index (χ0n) is 14.8. The standard InChI is InChI=1S/C20H26F2O3/c1-19-8-7-12-13(15(19)5-6-18(19)24)4-3-11-9-16(23)17(10-14(11)12)25-20(2,21)22/h9-10,12-13,15,18,23-24H,3-8H2,1-2H3/t12?,13?,15?,18-,19-/m0/s1. The number of aliphatic hydroxyl groups excluding tert-OH is 1. The molecule has 3 nitrogen and oxygen atoms in total. The number of fused-ring (bicyclic) bond motifs is 5. The summed E-state index contributed by atoms with van der Waals surface area (Å²) < 4.78 is 31.2. The molecule has 2 saturated carbocycles. The smallest absolute Gasteiger partial charge is 0.395 e. The molecule has 0 aromatic heterocycles. The quantitative estimate of drug-likeness (QED) is 0.818. The monoisotopic (exact) mass is 352 g/mol. The van der Waals surface area contributed by atoms with Crippen LogP contribution < -0.4 is 4.74 Å². The molecule has 0 bridgehead atoms. The van der Waals surface area contributed by atoms with Crippen LogP contribution in [0.4, 0.5) is 8.78 Å². The van der Waals surface area contributed by atoms with E-state index in [2.05, 4.69) is 11.7 Å². The maximum Gasteiger partial charge on any atom is 0.395 e. The molecule has 138 valence electrons. The lowest BCUT2D eigenvalue weighted by Gasteiger charge is -2.50. The molecule has 1 aromatic carbocycles. The molecule has 3 aliphatic rings. The summed E-state index contributed by atoms with van der Waals surface area (Å²) in [5.41, 5.74) is 2.09. The van der Waals surface area contributed by atoms with E-state index >= 15 is 0 Å². The Bertz CT molecular complexity index is 684. The summed E-state index contributed by atoms with van der Waals surface area (Å²) >= 11 is 0. The van der Waals surface area contributed by atoms with Gasteiger partial charge < -0.3 is 14.9 Å². The van der Waals surface area contributed by atoms with Crippen molar-refractivity contribution in [2.45, 2.75) is 70.5 Å². The lowest BCUT2D eigenvalue weighted by molar-refractivity contribution is -0.159. The fourth-order valence-corrected chi connectivity index (χ4v) is 5.83. The zero-order chi connectivity index (χ0) is 18.0. The number of alkyl halides is 2. The van der Waals surface area contributed by atoms with Crippen LogP contribution in [0.5, 0.6) is 11.5 Å². The lowest BCUT2D eigenvalue weighted by Crippen LogP contribution is -2.43. The van der Waals surface area contributed by atoms with Crippen molar-refractivity contribution < 1.29 is 23.7 Å². The summed E-state index contributed by atoms with van der Waals surface area (Å²) in [6.45, 7) is 2.89. The molecule has 0 amide bonds. The number of aliphatic hydroxyl groups is 1. The number of benzene rings is 1. The number of halogens is 2. The predicted molar refractivity (Wildman–Crippen MR) is 90.0 cm³/mol. The Morgan fingerprint density at radius 2 is 1.96 bits per heavy atom. The molecule has 0 heterocycles. The van der Waals surface area contributed by atoms with Crippen molar-refractivity contribution in [3.05, 3.63) is 23.3 Å². The maximum absolute atomic E-state index is 13.3. The second kappa shape index (κ2) is 5.57. The number of ether oxygens (including phenoxy) is 1. The summed E-state index contributed by atoms with van der Waals surface area (Å²) in [6, 6.07) is 3.23. The van der Waals surface area contributed by atoms with Crippen LogP contribution in [-0.4, -0.2) is 22.4 Å². The van der Waals surface area contributed by atoms with Gasteiger partial charge in [0.1, 0.15) is 0 Å². The lowest BCUT2D eigenvalue weighted by atomic mass is 9.55. The van der Waals surface area contributed by atoms with Gasteiger partial charge in [-0.3, -0.25) is 0 Å². The number of aromatic hydroxyl groups is 1. The molecule has 0 spiro atoms. The molecule has 4 rings (SSSR count). The molecule has 1 aromatic rings. The molecule has 5 heteroatoms. The fourth-order valence-electron chi connectivity index (χ4n) is 5.83. The minimum absolute atomic E-state index is 0.00856. The van der Waals surface area contributed by atoms with E-state index in [4.69, 9.17) is 0 Å². The first-order chi connectivity index (χ1) is 11.7. The van der Waals surface area contributed by atoms with E-state index in [1.165, 1.54) is 0 Å². The number of hydrogen-bond donors (Lipinski definition) is 2. The molecule has 3 unspecified atom stereocenters. The largest absolute Gasteiger partial charge is 0.504 e. The van der Waals surface area contributed by atoms with E-state index < -0.39 is 6.11 Å². The highest BCUT2D eigenvalue weighted by atomic mass is 19.3. The average molecular weight is 352 g/mol. The third-order valence-corrected chi connectivity index (χ3v) is 7.04. The van der Waals surface area contributed by atoms with Gasteiger partial charge in [0.05, 0.1) is 6.10 Å². The molecular formula is C20H26F2O3. The minimum Gasteiger partial charge on any atom is -0.504 e. The Kier molecular flexibility index (Phi) is 3.80. The second-order valence-corrected chi connectivity index (χ2v) is 8.48. The molecular weight excluding hydrogens is 326 g/mol. The molecule has 0 radical (unpaired) electrons. The fraction of sp³-hybridized carbons (Fsp3) is 0.700. The Morgan fingerprint density at radius 1 is 1.20 bits per heavy atom. The van der Waals surface area contributed by atoms with Gasteiger partial charge in [0.2, 0.25) is 0 Å². The van der Waals surface area contributed by atoms with Gasteiger partial charge in [0, 0.05) is 6.92 Å². The van der Waals surface area contributed by atoms with Crippen LogP contribution in [-0.2, 0) is 6.42 Å². The van der Waals surface area contributed by atoms with Gasteiger partial charge in [-0.1, -0.05) is 6.92 Å². The molecule has 2 N–H and O–H groups in total. The first-order valence-electron chi connectivity index (χ1n) is 9.30. The molecule has 0 aliphatic heterocycles. The van der Waals surface area contributed by atoms with Gasteiger partial charge in [0.25, 0.3) is 0 Å². The Balaban J connectivity index is 1.69.